The van der Waals surface area contributed by atoms with Gasteiger partial charge >= 0.3 is 0 Å². The van der Waals surface area contributed by atoms with E-state index in [1.165, 1.54) is 25.7 Å². The summed E-state index contributed by atoms with van der Waals surface area (Å²) >= 11 is 0. The Balaban J connectivity index is 2.24. The van der Waals surface area contributed by atoms with Gasteiger partial charge < -0.3 is 20.6 Å². The molecular weight excluding hydrogens is 218 g/mol. The van der Waals surface area contributed by atoms with Crippen molar-refractivity contribution in [3.8, 4) is 0 Å². The van der Waals surface area contributed by atoms with Gasteiger partial charge in [-0.1, -0.05) is 39.0 Å². The molecule has 1 rings (SSSR count). The molecule has 1 unspecified atom stereocenters. The van der Waals surface area contributed by atoms with Gasteiger partial charge in [-0.05, 0) is 12.8 Å². The molecule has 4 atom stereocenters. The van der Waals surface area contributed by atoms with E-state index in [4.69, 9.17) is 5.11 Å². The molecule has 17 heavy (non-hydrogen) atoms. The molecular formula is C13H27NO3. The molecule has 0 aromatic heterocycles. The fraction of sp³-hybridized carbons (Fsp3) is 1.00. The molecule has 4 N–H and O–H groups in total. The summed E-state index contributed by atoms with van der Waals surface area (Å²) in [7, 11) is 0. The highest BCUT2D eigenvalue weighted by Gasteiger charge is 2.34. The summed E-state index contributed by atoms with van der Waals surface area (Å²) in [4.78, 5) is 0. The van der Waals surface area contributed by atoms with Crippen LogP contribution in [-0.2, 0) is 0 Å². The van der Waals surface area contributed by atoms with E-state index in [1.54, 1.807) is 0 Å². The predicted molar refractivity (Wildman–Crippen MR) is 67.8 cm³/mol. The smallest absolute Gasteiger partial charge is 0.0952 e. The van der Waals surface area contributed by atoms with Gasteiger partial charge in [0, 0.05) is 12.1 Å². The quantitative estimate of drug-likeness (QED) is 0.500. The van der Waals surface area contributed by atoms with Crippen molar-refractivity contribution in [1.29, 1.82) is 0 Å². The van der Waals surface area contributed by atoms with Gasteiger partial charge in [-0.25, -0.2) is 0 Å². The van der Waals surface area contributed by atoms with E-state index in [1.807, 2.05) is 0 Å². The van der Waals surface area contributed by atoms with Crippen LogP contribution in [0, 0.1) is 0 Å². The molecule has 0 bridgehead atoms. The van der Waals surface area contributed by atoms with Gasteiger partial charge in [0.1, 0.15) is 0 Å². The van der Waals surface area contributed by atoms with E-state index in [0.29, 0.717) is 6.42 Å². The molecule has 0 spiro atoms. The van der Waals surface area contributed by atoms with Crippen molar-refractivity contribution in [3.63, 3.8) is 0 Å². The Morgan fingerprint density at radius 2 is 1.82 bits per heavy atom. The number of unbranched alkanes of at least 4 members (excludes halogenated alkanes) is 4. The highest BCUT2D eigenvalue weighted by Crippen LogP contribution is 2.19. The van der Waals surface area contributed by atoms with Gasteiger partial charge in [-0.3, -0.25) is 0 Å². The maximum atomic E-state index is 9.86. The lowest BCUT2D eigenvalue weighted by Crippen LogP contribution is -2.57. The van der Waals surface area contributed by atoms with Gasteiger partial charge in [0.25, 0.3) is 0 Å². The Bertz CT molecular complexity index is 201. The van der Waals surface area contributed by atoms with Crippen LogP contribution in [0.1, 0.15) is 51.9 Å². The minimum atomic E-state index is -0.700. The fourth-order valence-corrected chi connectivity index (χ4v) is 2.52. The molecule has 0 aromatic carbocycles. The number of hydrogen-bond acceptors (Lipinski definition) is 4. The van der Waals surface area contributed by atoms with Crippen molar-refractivity contribution >= 4 is 0 Å². The molecule has 1 fully saturated rings. The summed E-state index contributed by atoms with van der Waals surface area (Å²) in [6.45, 7) is 2.21. The number of aliphatic hydroxyl groups is 3. The maximum Gasteiger partial charge on any atom is 0.0952 e. The van der Waals surface area contributed by atoms with Gasteiger partial charge in [-0.15, -0.1) is 0 Å². The summed E-state index contributed by atoms with van der Waals surface area (Å²) in [5, 5.41) is 31.9. The third kappa shape index (κ3) is 4.92. The second-order valence-corrected chi connectivity index (χ2v) is 5.15. The maximum absolute atomic E-state index is 9.86. The van der Waals surface area contributed by atoms with Crippen LogP contribution in [0.5, 0.6) is 0 Å². The highest BCUT2D eigenvalue weighted by atomic mass is 16.3. The first-order valence-corrected chi connectivity index (χ1v) is 6.92. The van der Waals surface area contributed by atoms with E-state index >= 15 is 0 Å². The summed E-state index contributed by atoms with van der Waals surface area (Å²) in [5.74, 6) is 0. The molecule has 0 aromatic rings. The van der Waals surface area contributed by atoms with Crippen LogP contribution in [0.2, 0.25) is 0 Å². The van der Waals surface area contributed by atoms with Crippen LogP contribution in [0.15, 0.2) is 0 Å². The fourth-order valence-electron chi connectivity index (χ4n) is 2.52. The van der Waals surface area contributed by atoms with Crippen molar-refractivity contribution in [2.45, 2.75) is 76.2 Å². The number of aliphatic hydroxyl groups excluding tert-OH is 3. The third-order valence-electron chi connectivity index (χ3n) is 3.62. The SMILES string of the molecule is CCCCCCCC1N[C@H](CO)C[C@H](O)[C@H]1O. The van der Waals surface area contributed by atoms with Gasteiger partial charge in [-0.2, -0.15) is 0 Å². The van der Waals surface area contributed by atoms with Crippen LogP contribution >= 0.6 is 0 Å². The summed E-state index contributed by atoms with van der Waals surface area (Å²) in [6, 6.07) is -0.147. The standard InChI is InChI=1S/C13H27NO3/c1-2-3-4-5-6-7-11-13(17)12(16)8-10(9-15)14-11/h10-17H,2-9H2,1H3/t10-,11?,12-,13-/m0/s1. The third-order valence-corrected chi connectivity index (χ3v) is 3.62. The zero-order valence-corrected chi connectivity index (χ0v) is 10.8. The van der Waals surface area contributed by atoms with Crippen molar-refractivity contribution in [1.82, 2.24) is 5.32 Å². The molecule has 0 amide bonds. The topological polar surface area (TPSA) is 72.7 Å². The Morgan fingerprint density at radius 3 is 2.47 bits per heavy atom. The molecule has 1 saturated heterocycles. The van der Waals surface area contributed by atoms with Crippen molar-refractivity contribution in [2.75, 3.05) is 6.61 Å². The van der Waals surface area contributed by atoms with Crippen molar-refractivity contribution in [2.24, 2.45) is 0 Å². The minimum Gasteiger partial charge on any atom is -0.395 e. The van der Waals surface area contributed by atoms with E-state index in [9.17, 15) is 10.2 Å². The van der Waals surface area contributed by atoms with Gasteiger partial charge in [0.05, 0.1) is 18.8 Å². The number of piperidine rings is 1. The summed E-state index contributed by atoms with van der Waals surface area (Å²) in [5.41, 5.74) is 0. The second kappa shape index (κ2) is 8.03. The predicted octanol–water partition coefficient (Wildman–Crippen LogP) is 0.791. The normalized spacial score (nSPS) is 33.9. The highest BCUT2D eigenvalue weighted by molar-refractivity contribution is 4.91. The molecule has 102 valence electrons. The molecule has 1 aliphatic heterocycles. The molecule has 4 nitrogen and oxygen atoms in total. The second-order valence-electron chi connectivity index (χ2n) is 5.15. The van der Waals surface area contributed by atoms with Crippen molar-refractivity contribution < 1.29 is 15.3 Å². The zero-order valence-electron chi connectivity index (χ0n) is 10.8. The Morgan fingerprint density at radius 1 is 1.12 bits per heavy atom. The monoisotopic (exact) mass is 245 g/mol. The average Bonchev–Trinajstić information content (AvgIpc) is 2.33. The molecule has 0 aliphatic carbocycles. The number of nitrogens with one attached hydrogen (secondary N) is 1. The van der Waals surface area contributed by atoms with Crippen LogP contribution in [0.4, 0.5) is 0 Å². The zero-order chi connectivity index (χ0) is 12.7. The van der Waals surface area contributed by atoms with Crippen LogP contribution in [0.3, 0.4) is 0 Å². The van der Waals surface area contributed by atoms with E-state index in [-0.39, 0.29) is 18.7 Å². The van der Waals surface area contributed by atoms with Crippen LogP contribution < -0.4 is 5.32 Å². The first kappa shape index (κ1) is 14.9. The number of hydrogen-bond donors (Lipinski definition) is 4. The van der Waals surface area contributed by atoms with E-state index in [0.717, 1.165) is 12.8 Å². The molecule has 0 radical (unpaired) electrons. The Labute approximate surface area is 104 Å². The van der Waals surface area contributed by atoms with Crippen LogP contribution in [0.25, 0.3) is 0 Å². The average molecular weight is 245 g/mol. The number of rotatable bonds is 7. The van der Waals surface area contributed by atoms with Gasteiger partial charge in [0.2, 0.25) is 0 Å². The lowest BCUT2D eigenvalue weighted by Gasteiger charge is -2.37. The largest absolute Gasteiger partial charge is 0.395 e. The Hall–Kier alpha value is -0.160. The summed E-state index contributed by atoms with van der Waals surface area (Å²) in [6.07, 6.45) is 5.91. The van der Waals surface area contributed by atoms with Crippen molar-refractivity contribution in [3.05, 3.63) is 0 Å². The molecule has 1 heterocycles. The first-order chi connectivity index (χ1) is 8.19. The molecule has 4 heteroatoms. The summed E-state index contributed by atoms with van der Waals surface area (Å²) < 4.78 is 0. The lowest BCUT2D eigenvalue weighted by atomic mass is 9.90. The lowest BCUT2D eigenvalue weighted by molar-refractivity contribution is -0.0475. The Kier molecular flexibility index (Phi) is 7.04. The van der Waals surface area contributed by atoms with E-state index < -0.39 is 12.2 Å². The van der Waals surface area contributed by atoms with E-state index in [2.05, 4.69) is 12.2 Å². The molecule has 1 aliphatic rings. The molecule has 0 saturated carbocycles. The minimum absolute atomic E-state index is 0.0239. The first-order valence-electron chi connectivity index (χ1n) is 6.92. The van der Waals surface area contributed by atoms with Gasteiger partial charge in [0.15, 0.2) is 0 Å². The van der Waals surface area contributed by atoms with Crippen LogP contribution in [-0.4, -0.2) is 46.2 Å².